The van der Waals surface area contributed by atoms with Gasteiger partial charge in [-0.05, 0) is 267 Å². The lowest BCUT2D eigenvalue weighted by Gasteiger charge is -2.15. The average Bonchev–Trinajstić information content (AvgIpc) is 0.743. The second-order valence-electron chi connectivity index (χ2n) is 32.7. The van der Waals surface area contributed by atoms with Gasteiger partial charge in [-0.2, -0.15) is 0 Å². The van der Waals surface area contributed by atoms with Crippen LogP contribution in [0.5, 0.6) is 0 Å². The van der Waals surface area contributed by atoms with Crippen LogP contribution in [0.3, 0.4) is 0 Å². The van der Waals surface area contributed by atoms with Crippen LogP contribution in [0.4, 0.5) is 0 Å². The Hall–Kier alpha value is -18.5. The van der Waals surface area contributed by atoms with E-state index in [1.54, 1.807) is 0 Å². The van der Waals surface area contributed by atoms with Crippen LogP contribution in [-0.2, 0) is 0 Å². The summed E-state index contributed by atoms with van der Waals surface area (Å²) in [5, 5.41) is 59.6. The van der Waals surface area contributed by atoms with Crippen LogP contribution in [0.1, 0.15) is 0 Å². The second-order valence-corrected chi connectivity index (χ2v) is 32.7. The highest BCUT2D eigenvalue weighted by Gasteiger charge is 2.24. The Morgan fingerprint density at radius 1 is 0.144 bits per heavy atom. The molecular weight excluding hydrogens is 1620 g/mol. The summed E-state index contributed by atoms with van der Waals surface area (Å²) < 4.78 is 0. The minimum absolute atomic E-state index is 0.544. The van der Waals surface area contributed by atoms with E-state index >= 15 is 0 Å². The minimum Gasteiger partial charge on any atom is -0.233 e. The van der Waals surface area contributed by atoms with Gasteiger partial charge in [-0.3, -0.25) is 0 Å². The fourth-order valence-corrected chi connectivity index (χ4v) is 18.2. The first-order valence-corrected chi connectivity index (χ1v) is 43.2. The highest BCUT2D eigenvalue weighted by Crippen LogP contribution is 2.43. The van der Waals surface area contributed by atoms with Crippen LogP contribution < -0.4 is 0 Å². The minimum atomic E-state index is 0.544. The molecule has 0 saturated heterocycles. The molecule has 6 heterocycles. The molecule has 27 aromatic rings. The number of benzene rings is 21. The van der Waals surface area contributed by atoms with E-state index in [2.05, 4.69) is 379 Å². The van der Waals surface area contributed by atoms with Crippen molar-refractivity contribution in [2.45, 2.75) is 0 Å². The van der Waals surface area contributed by atoms with Crippen LogP contribution in [0.15, 0.2) is 395 Å². The van der Waals surface area contributed by atoms with E-state index in [0.717, 1.165) is 147 Å². The predicted octanol–water partition coefficient (Wildman–Crippen LogP) is 25.9. The third-order valence-corrected chi connectivity index (χ3v) is 24.7. The summed E-state index contributed by atoms with van der Waals surface area (Å²) in [5.74, 6) is 5.32. The van der Waals surface area contributed by atoms with E-state index in [4.69, 9.17) is 44.9 Å². The maximum atomic E-state index is 5.30. The summed E-state index contributed by atoms with van der Waals surface area (Å²) in [7, 11) is 0. The van der Waals surface area contributed by atoms with Gasteiger partial charge in [-0.25, -0.2) is 54.8 Å². The van der Waals surface area contributed by atoms with Gasteiger partial charge in [0, 0.05) is 50.1 Å². The van der Waals surface area contributed by atoms with Gasteiger partial charge in [0.05, 0.1) is 11.0 Å². The van der Waals surface area contributed by atoms with Gasteiger partial charge in [-0.15, -0.1) is 30.6 Å². The Morgan fingerprint density at radius 2 is 0.394 bits per heavy atom. The van der Waals surface area contributed by atoms with E-state index in [-0.39, 0.29) is 0 Å². The Morgan fingerprint density at radius 3 is 0.780 bits per heavy atom. The number of nitrogens with zero attached hydrogens (tertiary/aromatic N) is 19. The first-order chi connectivity index (χ1) is 65.3. The summed E-state index contributed by atoms with van der Waals surface area (Å²) >= 11 is 0. The molecule has 19 heteroatoms. The van der Waals surface area contributed by atoms with E-state index in [1.165, 1.54) is 55.7 Å². The summed E-state index contributed by atoms with van der Waals surface area (Å²) in [6.45, 7) is 0. The average molecular weight is 1690 g/mol. The van der Waals surface area contributed by atoms with Crippen molar-refractivity contribution >= 4 is 162 Å². The molecule has 6 aromatic heterocycles. The molecule has 132 heavy (non-hydrogen) atoms. The zero-order valence-corrected chi connectivity index (χ0v) is 70.0. The SMILES string of the molecule is c1ccc2c(-c3nc(-c4ccc5ncnnc5c4)nc(-c4c5ccccc5cc5ccccc45)n3)c3ccccc3cc2c1.c1ccc2cc3c(-c4nc(-c5ccc6ncnnc6c5)nc(-c5cccc6cc7ccccc7cc56)n4)cccc3cc2c1.c1ccc2cc3cc(-c4nc(-c5ccc6cc7ccccc7cc6c5)nc(-c5ccc6nnnnc6c5)n4)ccc3cc2c1. The number of rotatable bonds is 9. The van der Waals surface area contributed by atoms with Crippen molar-refractivity contribution in [3.63, 3.8) is 0 Å². The van der Waals surface area contributed by atoms with Gasteiger partial charge >= 0.3 is 0 Å². The van der Waals surface area contributed by atoms with Crippen LogP contribution in [0, 0.1) is 0 Å². The van der Waals surface area contributed by atoms with Crippen molar-refractivity contribution in [3.05, 3.63) is 395 Å². The molecule has 0 saturated carbocycles. The number of fused-ring (bicyclic) bond motifs is 15. The largest absolute Gasteiger partial charge is 0.233 e. The van der Waals surface area contributed by atoms with E-state index in [0.29, 0.717) is 74.5 Å². The number of hydrogen-bond donors (Lipinski definition) is 0. The maximum Gasteiger partial charge on any atom is 0.165 e. The fourth-order valence-electron chi connectivity index (χ4n) is 18.2. The van der Waals surface area contributed by atoms with Crippen molar-refractivity contribution in [1.82, 2.24) is 95.8 Å². The Labute approximate surface area is 750 Å². The highest BCUT2D eigenvalue weighted by atomic mass is 15.4. The summed E-state index contributed by atoms with van der Waals surface area (Å²) in [6, 6.07) is 132. The van der Waals surface area contributed by atoms with Crippen molar-refractivity contribution in [2.24, 2.45) is 0 Å². The lowest BCUT2D eigenvalue weighted by Crippen LogP contribution is -2.02. The number of hydrogen-bond acceptors (Lipinski definition) is 19. The zero-order valence-electron chi connectivity index (χ0n) is 70.0. The van der Waals surface area contributed by atoms with Gasteiger partial charge in [0.25, 0.3) is 0 Å². The molecule has 0 aliphatic carbocycles. The van der Waals surface area contributed by atoms with Crippen molar-refractivity contribution in [3.8, 4) is 102 Å². The molecule has 0 atom stereocenters. The van der Waals surface area contributed by atoms with Crippen molar-refractivity contribution in [2.75, 3.05) is 0 Å². The molecular formula is C113H65N19. The van der Waals surface area contributed by atoms with Crippen LogP contribution >= 0.6 is 0 Å². The molecule has 0 aliphatic rings. The highest BCUT2D eigenvalue weighted by molar-refractivity contribution is 6.15. The van der Waals surface area contributed by atoms with E-state index < -0.39 is 0 Å². The maximum absolute atomic E-state index is 5.30. The molecule has 0 amide bonds. The van der Waals surface area contributed by atoms with Crippen molar-refractivity contribution in [1.29, 1.82) is 0 Å². The van der Waals surface area contributed by atoms with Crippen LogP contribution in [0.25, 0.3) is 265 Å². The topological polar surface area (TPSA) is 245 Å². The van der Waals surface area contributed by atoms with E-state index in [9.17, 15) is 0 Å². The zero-order chi connectivity index (χ0) is 87.1. The molecule has 19 nitrogen and oxygen atoms in total. The lowest BCUT2D eigenvalue weighted by atomic mass is 9.95. The summed E-state index contributed by atoms with van der Waals surface area (Å²) in [4.78, 5) is 54.6. The van der Waals surface area contributed by atoms with Crippen LogP contribution in [0.2, 0.25) is 0 Å². The summed E-state index contributed by atoms with van der Waals surface area (Å²) in [6.07, 6.45) is 2.91. The van der Waals surface area contributed by atoms with Gasteiger partial charge in [0.2, 0.25) is 0 Å². The molecule has 27 rings (SSSR count). The Balaban J connectivity index is 0.000000106. The quantitative estimate of drug-likeness (QED) is 0.122. The first-order valence-electron chi connectivity index (χ1n) is 43.2. The molecule has 0 fully saturated rings. The van der Waals surface area contributed by atoms with Gasteiger partial charge in [0.15, 0.2) is 52.4 Å². The fraction of sp³-hybridized carbons (Fsp3) is 0. The molecule has 0 unspecified atom stereocenters. The normalized spacial score (nSPS) is 11.6. The molecule has 612 valence electrons. The monoisotopic (exact) mass is 1690 g/mol. The number of aromatic nitrogens is 19. The molecule has 0 spiro atoms. The third kappa shape index (κ3) is 14.0. The van der Waals surface area contributed by atoms with Crippen LogP contribution in [-0.4, -0.2) is 95.8 Å². The molecule has 0 bridgehead atoms. The molecule has 21 aromatic carbocycles. The summed E-state index contributed by atoms with van der Waals surface area (Å²) in [5.41, 5.74) is 12.3. The Kier molecular flexibility index (Phi) is 18.3. The third-order valence-electron chi connectivity index (χ3n) is 24.7. The Bertz CT molecular complexity index is 8930. The lowest BCUT2D eigenvalue weighted by molar-refractivity contribution is 0.797. The molecule has 0 N–H and O–H groups in total. The first kappa shape index (κ1) is 76.0. The standard InChI is InChI=1S/2C38H22N6.C37H21N7/c1-5-13-28-23(9-1)19-24-10-2-6-14-29(24)34(28)37-41-36(27-17-18-32-33(21-27)44-40-22-39-32)42-38(43-37)35-30-15-7-3-11-25(30)20-26-12-4-8-16-31(26)35;1-3-9-25-19-32-27(17-23(25)7-1)11-5-13-30(32)37-41-36(29-15-16-34-35(21-29)44-40-22-39-34)42-38(43-37)31-14-6-12-28-18-24-8-2-4-10-26(24)20-33(28)31;1-3-7-24-17-31-19-28(11-9-26(31)15-22(24)5-1)35-38-36(40-37(39-35)30-13-14-33-34(21-30)42-44-43-41-33)29-12-10-27-16-23-6-2-4-8-25(23)18-32(27)20-29/h2*1-22H;1-21H. The van der Waals surface area contributed by atoms with E-state index in [1.807, 2.05) is 54.6 Å². The van der Waals surface area contributed by atoms with Gasteiger partial charge in [0.1, 0.15) is 34.7 Å². The molecule has 0 radical (unpaired) electrons. The second kappa shape index (κ2) is 31.9. The van der Waals surface area contributed by atoms with Crippen molar-refractivity contribution < 1.29 is 0 Å². The van der Waals surface area contributed by atoms with Gasteiger partial charge < -0.3 is 0 Å². The smallest absolute Gasteiger partial charge is 0.165 e. The molecule has 0 aliphatic heterocycles. The predicted molar refractivity (Wildman–Crippen MR) is 529 cm³/mol. The van der Waals surface area contributed by atoms with Gasteiger partial charge in [-0.1, -0.05) is 255 Å².